The van der Waals surface area contributed by atoms with Crippen LogP contribution in [-0.4, -0.2) is 35.2 Å². The molecule has 22 heavy (non-hydrogen) atoms. The third kappa shape index (κ3) is 2.83. The Labute approximate surface area is 126 Å². The number of aliphatic hydroxyl groups excluding tert-OH is 1. The average molecular weight is 314 g/mol. The number of carbonyl (C=O) groups is 1. The lowest BCUT2D eigenvalue weighted by Gasteiger charge is -2.41. The predicted octanol–water partition coefficient (Wildman–Crippen LogP) is 2.36. The molecule has 1 aromatic carbocycles. The molecule has 1 saturated heterocycles. The van der Waals surface area contributed by atoms with Crippen LogP contribution in [0.2, 0.25) is 0 Å². The van der Waals surface area contributed by atoms with Crippen LogP contribution in [0.15, 0.2) is 18.2 Å². The molecule has 0 spiro atoms. The van der Waals surface area contributed by atoms with Gasteiger partial charge in [0.25, 0.3) is 0 Å². The van der Waals surface area contributed by atoms with Gasteiger partial charge in [0.1, 0.15) is 0 Å². The minimum atomic E-state index is -4.43. The number of hydrazine groups is 1. The highest BCUT2D eigenvalue weighted by atomic mass is 19.4. The number of carbonyl (C=O) groups excluding carboxylic acids is 1. The van der Waals surface area contributed by atoms with Crippen molar-refractivity contribution in [2.45, 2.75) is 38.0 Å². The number of piperidine rings is 1. The Balaban J connectivity index is 1.96. The molecule has 1 aromatic rings. The van der Waals surface area contributed by atoms with E-state index in [1.165, 1.54) is 11.1 Å². The van der Waals surface area contributed by atoms with Crippen LogP contribution >= 0.6 is 0 Å². The van der Waals surface area contributed by atoms with Crippen molar-refractivity contribution in [3.8, 4) is 0 Å². The van der Waals surface area contributed by atoms with Gasteiger partial charge in [0.15, 0.2) is 0 Å². The molecule has 0 aromatic heterocycles. The number of aryl methyl sites for hydroxylation is 1. The van der Waals surface area contributed by atoms with Gasteiger partial charge in [0, 0.05) is 19.5 Å². The van der Waals surface area contributed by atoms with Crippen molar-refractivity contribution in [3.63, 3.8) is 0 Å². The van der Waals surface area contributed by atoms with E-state index >= 15 is 0 Å². The Bertz CT molecular complexity index is 581. The smallest absolute Gasteiger partial charge is 0.393 e. The van der Waals surface area contributed by atoms with E-state index in [2.05, 4.69) is 0 Å². The van der Waals surface area contributed by atoms with Crippen molar-refractivity contribution < 1.29 is 23.1 Å². The molecule has 4 nitrogen and oxygen atoms in total. The molecule has 0 radical (unpaired) electrons. The Kier molecular flexibility index (Phi) is 3.86. The Morgan fingerprint density at radius 3 is 2.45 bits per heavy atom. The minimum absolute atomic E-state index is 0.191. The highest BCUT2D eigenvalue weighted by Crippen LogP contribution is 2.37. The summed E-state index contributed by atoms with van der Waals surface area (Å²) in [5, 5.41) is 12.7. The summed E-state index contributed by atoms with van der Waals surface area (Å²) in [5.41, 5.74) is 0.323. The molecule has 0 atom stereocenters. The van der Waals surface area contributed by atoms with Crippen LogP contribution in [0.25, 0.3) is 0 Å². The van der Waals surface area contributed by atoms with E-state index in [1.807, 2.05) is 0 Å². The maximum atomic E-state index is 12.9. The van der Waals surface area contributed by atoms with Crippen LogP contribution in [0, 0.1) is 0 Å². The van der Waals surface area contributed by atoms with Crippen LogP contribution in [0.5, 0.6) is 0 Å². The first kappa shape index (κ1) is 15.3. The molecule has 2 aliphatic rings. The lowest BCUT2D eigenvalue weighted by Crippen LogP contribution is -2.52. The number of halogens is 3. The van der Waals surface area contributed by atoms with Gasteiger partial charge in [0.05, 0.1) is 17.4 Å². The quantitative estimate of drug-likeness (QED) is 0.865. The summed E-state index contributed by atoms with van der Waals surface area (Å²) in [5.74, 6) is -0.191. The van der Waals surface area contributed by atoms with Crippen LogP contribution in [0.1, 0.15) is 30.4 Å². The van der Waals surface area contributed by atoms with E-state index in [-0.39, 0.29) is 12.3 Å². The average Bonchev–Trinajstić information content (AvgIpc) is 2.47. The molecular formula is C15H17F3N2O2. The molecule has 0 saturated carbocycles. The second-order valence-corrected chi connectivity index (χ2v) is 5.73. The normalized spacial score (nSPS) is 21.1. The molecule has 0 bridgehead atoms. The first-order valence-electron chi connectivity index (χ1n) is 7.32. The molecule has 3 rings (SSSR count). The van der Waals surface area contributed by atoms with E-state index in [0.717, 1.165) is 17.7 Å². The van der Waals surface area contributed by atoms with Crippen molar-refractivity contribution in [1.82, 2.24) is 5.01 Å². The van der Waals surface area contributed by atoms with Gasteiger partial charge in [-0.1, -0.05) is 6.07 Å². The summed E-state index contributed by atoms with van der Waals surface area (Å²) in [6.45, 7) is 0.922. The van der Waals surface area contributed by atoms with Gasteiger partial charge in [-0.25, -0.2) is 10.0 Å². The van der Waals surface area contributed by atoms with Crippen molar-refractivity contribution in [2.75, 3.05) is 18.1 Å². The van der Waals surface area contributed by atoms with Crippen LogP contribution in [0.4, 0.5) is 18.9 Å². The number of benzene rings is 1. The summed E-state index contributed by atoms with van der Waals surface area (Å²) in [6.07, 6.45) is -3.07. The largest absolute Gasteiger partial charge is 0.416 e. The zero-order valence-electron chi connectivity index (χ0n) is 11.9. The van der Waals surface area contributed by atoms with Gasteiger partial charge >= 0.3 is 6.18 Å². The standard InChI is InChI=1S/C15H17F3N2O2/c16-15(17,18)11-3-1-10-2-4-14(22)20(13(10)9-11)19-7-5-12(21)6-8-19/h1,3,9,12,21H,2,4-8H2. The first-order chi connectivity index (χ1) is 10.4. The fourth-order valence-electron chi connectivity index (χ4n) is 2.99. The molecule has 0 aliphatic carbocycles. The van der Waals surface area contributed by atoms with Crippen molar-refractivity contribution in [2.24, 2.45) is 0 Å². The number of rotatable bonds is 1. The van der Waals surface area contributed by atoms with Gasteiger partial charge in [0.2, 0.25) is 5.91 Å². The second kappa shape index (κ2) is 5.55. The van der Waals surface area contributed by atoms with Crippen LogP contribution in [-0.2, 0) is 17.4 Å². The van der Waals surface area contributed by atoms with Crippen LogP contribution in [0.3, 0.4) is 0 Å². The number of aliphatic hydroxyl groups is 1. The van der Waals surface area contributed by atoms with E-state index in [9.17, 15) is 23.1 Å². The van der Waals surface area contributed by atoms with Gasteiger partial charge in [-0.05, 0) is 37.0 Å². The van der Waals surface area contributed by atoms with Gasteiger partial charge in [-0.3, -0.25) is 4.79 Å². The summed E-state index contributed by atoms with van der Waals surface area (Å²) in [6, 6.07) is 3.57. The number of fused-ring (bicyclic) bond motifs is 1. The highest BCUT2D eigenvalue weighted by Gasteiger charge is 2.35. The Morgan fingerprint density at radius 1 is 1.14 bits per heavy atom. The lowest BCUT2D eigenvalue weighted by molar-refractivity contribution is -0.137. The Morgan fingerprint density at radius 2 is 1.82 bits per heavy atom. The molecule has 0 unspecified atom stereocenters. The first-order valence-corrected chi connectivity index (χ1v) is 7.32. The van der Waals surface area contributed by atoms with Crippen molar-refractivity contribution in [3.05, 3.63) is 29.3 Å². The van der Waals surface area contributed by atoms with Gasteiger partial charge in [-0.15, -0.1) is 0 Å². The molecule has 1 N–H and O–H groups in total. The van der Waals surface area contributed by atoms with E-state index in [4.69, 9.17) is 0 Å². The van der Waals surface area contributed by atoms with E-state index in [1.54, 1.807) is 5.01 Å². The number of amides is 1. The van der Waals surface area contributed by atoms with Crippen molar-refractivity contribution in [1.29, 1.82) is 0 Å². The molecule has 2 heterocycles. The zero-order chi connectivity index (χ0) is 15.9. The molecule has 7 heteroatoms. The number of nitrogens with zero attached hydrogens (tertiary/aromatic N) is 2. The van der Waals surface area contributed by atoms with E-state index in [0.29, 0.717) is 38.0 Å². The van der Waals surface area contributed by atoms with Gasteiger partial charge in [-0.2, -0.15) is 13.2 Å². The monoisotopic (exact) mass is 314 g/mol. The SMILES string of the molecule is O=C1CCc2ccc(C(F)(F)F)cc2N1N1CCC(O)CC1. The molecule has 2 aliphatic heterocycles. The van der Waals surface area contributed by atoms with Crippen LogP contribution < -0.4 is 5.01 Å². The minimum Gasteiger partial charge on any atom is -0.393 e. The van der Waals surface area contributed by atoms with Crippen molar-refractivity contribution >= 4 is 11.6 Å². The predicted molar refractivity (Wildman–Crippen MR) is 74.1 cm³/mol. The number of anilines is 1. The van der Waals surface area contributed by atoms with Gasteiger partial charge < -0.3 is 5.11 Å². The zero-order valence-corrected chi connectivity index (χ0v) is 11.9. The fourth-order valence-corrected chi connectivity index (χ4v) is 2.99. The molecular weight excluding hydrogens is 297 g/mol. The molecule has 1 fully saturated rings. The van der Waals surface area contributed by atoms with E-state index < -0.39 is 17.8 Å². The number of hydrogen-bond donors (Lipinski definition) is 1. The lowest BCUT2D eigenvalue weighted by atomic mass is 9.99. The second-order valence-electron chi connectivity index (χ2n) is 5.73. The molecule has 1 amide bonds. The maximum Gasteiger partial charge on any atom is 0.416 e. The maximum absolute atomic E-state index is 12.9. The fraction of sp³-hybridized carbons (Fsp3) is 0.533. The topological polar surface area (TPSA) is 43.8 Å². The Hall–Kier alpha value is -1.60. The molecule has 120 valence electrons. The summed E-state index contributed by atoms with van der Waals surface area (Å²) < 4.78 is 38.8. The number of alkyl halides is 3. The highest BCUT2D eigenvalue weighted by molar-refractivity contribution is 5.95. The summed E-state index contributed by atoms with van der Waals surface area (Å²) in [7, 11) is 0. The number of hydrogen-bond acceptors (Lipinski definition) is 3. The summed E-state index contributed by atoms with van der Waals surface area (Å²) >= 11 is 0. The third-order valence-electron chi connectivity index (χ3n) is 4.21. The third-order valence-corrected chi connectivity index (χ3v) is 4.21. The summed E-state index contributed by atoms with van der Waals surface area (Å²) in [4.78, 5) is 12.2.